The van der Waals surface area contributed by atoms with Crippen LogP contribution in [0.15, 0.2) is 36.5 Å². The molecule has 1 fully saturated rings. The summed E-state index contributed by atoms with van der Waals surface area (Å²) in [4.78, 5) is 13.5. The molecule has 0 radical (unpaired) electrons. The Morgan fingerprint density at radius 2 is 1.91 bits per heavy atom. The smallest absolute Gasteiger partial charge is 0.234 e. The molecule has 33 heavy (non-hydrogen) atoms. The highest BCUT2D eigenvalue weighted by atomic mass is 16.5. The molecule has 0 bridgehead atoms. The molecular weight excluding hydrogens is 416 g/mol. The first-order valence-electron chi connectivity index (χ1n) is 11.4. The van der Waals surface area contributed by atoms with Crippen LogP contribution in [0.4, 0.5) is 5.69 Å². The number of benzene rings is 1. The van der Waals surface area contributed by atoms with Crippen LogP contribution in [0.25, 0.3) is 11.0 Å². The number of aromatic nitrogens is 3. The SMILES string of the molecule is CC(C)(C)Cn1c(CN2CCN(c3ccccc3OCCO)CC2)cc2cnc(C#N)nc21. The molecule has 8 heteroatoms. The van der Waals surface area contributed by atoms with Gasteiger partial charge in [-0.25, -0.2) is 9.97 Å². The molecule has 0 atom stereocenters. The van der Waals surface area contributed by atoms with E-state index in [9.17, 15) is 5.26 Å². The van der Waals surface area contributed by atoms with E-state index in [-0.39, 0.29) is 17.8 Å². The Bertz CT molecular complexity index is 1140. The number of rotatable bonds is 7. The van der Waals surface area contributed by atoms with Gasteiger partial charge in [0.2, 0.25) is 5.82 Å². The van der Waals surface area contributed by atoms with E-state index in [2.05, 4.69) is 63.3 Å². The lowest BCUT2D eigenvalue weighted by molar-refractivity contribution is 0.200. The molecule has 1 aromatic carbocycles. The number of anilines is 1. The molecule has 8 nitrogen and oxygen atoms in total. The van der Waals surface area contributed by atoms with Gasteiger partial charge in [-0.1, -0.05) is 32.9 Å². The molecule has 0 saturated carbocycles. The first-order chi connectivity index (χ1) is 15.9. The predicted octanol–water partition coefficient (Wildman–Crippen LogP) is 3.04. The zero-order valence-corrected chi connectivity index (χ0v) is 19.7. The second kappa shape index (κ2) is 9.77. The minimum absolute atomic E-state index is 0.00488. The predicted molar refractivity (Wildman–Crippen MR) is 128 cm³/mol. The number of para-hydroxylation sites is 2. The fourth-order valence-corrected chi connectivity index (χ4v) is 4.30. The first kappa shape index (κ1) is 23.0. The number of fused-ring (bicyclic) bond motifs is 1. The number of ether oxygens (including phenoxy) is 1. The van der Waals surface area contributed by atoms with E-state index in [4.69, 9.17) is 9.84 Å². The van der Waals surface area contributed by atoms with Crippen LogP contribution in [-0.2, 0) is 13.1 Å². The van der Waals surface area contributed by atoms with Gasteiger partial charge in [0.1, 0.15) is 24.1 Å². The summed E-state index contributed by atoms with van der Waals surface area (Å²) < 4.78 is 7.98. The second-order valence-corrected chi connectivity index (χ2v) is 9.67. The topological polar surface area (TPSA) is 90.4 Å². The van der Waals surface area contributed by atoms with E-state index in [1.165, 1.54) is 5.69 Å². The molecule has 1 aliphatic rings. The van der Waals surface area contributed by atoms with Crippen molar-refractivity contribution in [3.05, 3.63) is 48.0 Å². The summed E-state index contributed by atoms with van der Waals surface area (Å²) in [6, 6.07) is 12.2. The number of aliphatic hydroxyl groups excluding tert-OH is 1. The molecule has 3 heterocycles. The number of nitriles is 1. The van der Waals surface area contributed by atoms with Gasteiger partial charge in [-0.2, -0.15) is 5.26 Å². The standard InChI is InChI=1S/C25H32N6O2/c1-25(2,3)18-31-20(14-19-16-27-23(15-26)28-24(19)31)17-29-8-10-30(11-9-29)21-6-4-5-7-22(21)33-13-12-32/h4-7,14,16,32H,8-13,17-18H2,1-3H3. The molecule has 4 rings (SSSR count). The van der Waals surface area contributed by atoms with E-state index in [1.807, 2.05) is 18.2 Å². The third-order valence-electron chi connectivity index (χ3n) is 5.77. The molecule has 0 aliphatic carbocycles. The first-order valence-corrected chi connectivity index (χ1v) is 11.4. The molecule has 0 amide bonds. The number of piperazine rings is 1. The van der Waals surface area contributed by atoms with E-state index >= 15 is 0 Å². The molecule has 0 unspecified atom stereocenters. The minimum atomic E-state index is 0.00488. The Hall–Kier alpha value is -3.15. The van der Waals surface area contributed by atoms with Crippen molar-refractivity contribution in [2.24, 2.45) is 5.41 Å². The summed E-state index contributed by atoms with van der Waals surface area (Å²) in [6.07, 6.45) is 1.75. The van der Waals surface area contributed by atoms with Gasteiger partial charge in [-0.05, 0) is 23.6 Å². The highest BCUT2D eigenvalue weighted by Gasteiger charge is 2.23. The number of aliphatic hydroxyl groups is 1. The van der Waals surface area contributed by atoms with Crippen LogP contribution in [0.2, 0.25) is 0 Å². The lowest BCUT2D eigenvalue weighted by Gasteiger charge is -2.37. The van der Waals surface area contributed by atoms with Crippen molar-refractivity contribution < 1.29 is 9.84 Å². The van der Waals surface area contributed by atoms with Gasteiger partial charge in [-0.3, -0.25) is 4.90 Å². The average Bonchev–Trinajstić information content (AvgIpc) is 3.13. The molecule has 3 aromatic rings. The lowest BCUT2D eigenvalue weighted by Crippen LogP contribution is -2.46. The molecule has 1 N–H and O–H groups in total. The van der Waals surface area contributed by atoms with E-state index < -0.39 is 0 Å². The fourth-order valence-electron chi connectivity index (χ4n) is 4.30. The fraction of sp³-hybridized carbons (Fsp3) is 0.480. The van der Waals surface area contributed by atoms with Gasteiger partial charge < -0.3 is 19.3 Å². The summed E-state index contributed by atoms with van der Waals surface area (Å²) in [7, 11) is 0. The minimum Gasteiger partial charge on any atom is -0.489 e. The van der Waals surface area contributed by atoms with E-state index in [0.29, 0.717) is 6.61 Å². The highest BCUT2D eigenvalue weighted by molar-refractivity contribution is 5.77. The van der Waals surface area contributed by atoms with Crippen molar-refractivity contribution in [1.82, 2.24) is 19.4 Å². The third kappa shape index (κ3) is 5.44. The molecule has 1 saturated heterocycles. The van der Waals surface area contributed by atoms with Crippen molar-refractivity contribution in [1.29, 1.82) is 5.26 Å². The highest BCUT2D eigenvalue weighted by Crippen LogP contribution is 2.30. The molecule has 2 aromatic heterocycles. The maximum absolute atomic E-state index is 9.26. The Morgan fingerprint density at radius 1 is 1.15 bits per heavy atom. The van der Waals surface area contributed by atoms with E-state index in [1.54, 1.807) is 6.20 Å². The van der Waals surface area contributed by atoms with Gasteiger partial charge in [0.05, 0.1) is 12.3 Å². The molecule has 1 aliphatic heterocycles. The van der Waals surface area contributed by atoms with E-state index in [0.717, 1.165) is 61.7 Å². The van der Waals surface area contributed by atoms with Crippen LogP contribution in [0.5, 0.6) is 5.75 Å². The van der Waals surface area contributed by atoms with Gasteiger partial charge in [0, 0.05) is 56.5 Å². The zero-order valence-electron chi connectivity index (χ0n) is 19.7. The monoisotopic (exact) mass is 448 g/mol. The van der Waals surface area contributed by atoms with Crippen LogP contribution in [0, 0.1) is 16.7 Å². The molecule has 174 valence electrons. The quantitative estimate of drug-likeness (QED) is 0.594. The van der Waals surface area contributed by atoms with Crippen LogP contribution >= 0.6 is 0 Å². The van der Waals surface area contributed by atoms with Gasteiger partial charge in [0.15, 0.2) is 0 Å². The van der Waals surface area contributed by atoms with Crippen LogP contribution in [-0.4, -0.2) is 63.9 Å². The molecular formula is C25H32N6O2. The number of hydrogen-bond donors (Lipinski definition) is 1. The Kier molecular flexibility index (Phi) is 6.82. The van der Waals surface area contributed by atoms with Gasteiger partial charge in [-0.15, -0.1) is 0 Å². The van der Waals surface area contributed by atoms with Gasteiger partial charge in [0.25, 0.3) is 0 Å². The summed E-state index contributed by atoms with van der Waals surface area (Å²) in [5, 5.41) is 19.3. The summed E-state index contributed by atoms with van der Waals surface area (Å²) in [5.74, 6) is 1.02. The third-order valence-corrected chi connectivity index (χ3v) is 5.77. The van der Waals surface area contributed by atoms with Crippen molar-refractivity contribution in [3.8, 4) is 11.8 Å². The second-order valence-electron chi connectivity index (χ2n) is 9.67. The summed E-state index contributed by atoms with van der Waals surface area (Å²) in [6.45, 7) is 12.2. The zero-order chi connectivity index (χ0) is 23.4. The Morgan fingerprint density at radius 3 is 2.61 bits per heavy atom. The average molecular weight is 449 g/mol. The number of hydrogen-bond acceptors (Lipinski definition) is 7. The maximum Gasteiger partial charge on any atom is 0.234 e. The van der Waals surface area contributed by atoms with Crippen LogP contribution in [0.1, 0.15) is 32.3 Å². The van der Waals surface area contributed by atoms with Crippen molar-refractivity contribution in [2.45, 2.75) is 33.9 Å². The lowest BCUT2D eigenvalue weighted by atomic mass is 9.97. The number of nitrogens with zero attached hydrogens (tertiary/aromatic N) is 6. The largest absolute Gasteiger partial charge is 0.489 e. The Balaban J connectivity index is 1.50. The maximum atomic E-state index is 9.26. The van der Waals surface area contributed by atoms with Crippen molar-refractivity contribution in [3.63, 3.8) is 0 Å². The van der Waals surface area contributed by atoms with Crippen molar-refractivity contribution in [2.75, 3.05) is 44.3 Å². The normalized spacial score (nSPS) is 15.1. The summed E-state index contributed by atoms with van der Waals surface area (Å²) >= 11 is 0. The summed E-state index contributed by atoms with van der Waals surface area (Å²) in [5.41, 5.74) is 3.19. The van der Waals surface area contributed by atoms with Crippen molar-refractivity contribution >= 4 is 16.7 Å². The van der Waals surface area contributed by atoms with Crippen LogP contribution in [0.3, 0.4) is 0 Å². The molecule has 0 spiro atoms. The van der Waals surface area contributed by atoms with Crippen LogP contribution < -0.4 is 9.64 Å². The Labute approximate surface area is 195 Å². The van der Waals surface area contributed by atoms with Gasteiger partial charge >= 0.3 is 0 Å².